The van der Waals surface area contributed by atoms with Crippen LogP contribution in [0.4, 0.5) is 0 Å². The molecule has 3 nitrogen and oxygen atoms in total. The average molecular weight is 213 g/mol. The molecule has 0 fully saturated rings. The van der Waals surface area contributed by atoms with Crippen molar-refractivity contribution in [1.82, 2.24) is 4.98 Å². The summed E-state index contributed by atoms with van der Waals surface area (Å²) in [6.07, 6.45) is 4.99. The number of hydrogen-bond donors (Lipinski definition) is 0. The van der Waals surface area contributed by atoms with Crippen LogP contribution in [0.5, 0.6) is 0 Å². The zero-order valence-electron chi connectivity index (χ0n) is 8.88. The van der Waals surface area contributed by atoms with Gasteiger partial charge in [0.15, 0.2) is 5.78 Å². The van der Waals surface area contributed by atoms with Crippen molar-refractivity contribution in [2.24, 2.45) is 0 Å². The van der Waals surface area contributed by atoms with E-state index in [0.29, 0.717) is 11.6 Å². The fourth-order valence-electron chi connectivity index (χ4n) is 1.26. The van der Waals surface area contributed by atoms with Crippen molar-refractivity contribution < 1.29 is 9.21 Å². The Kier molecular flexibility index (Phi) is 2.96. The van der Waals surface area contributed by atoms with E-state index in [0.717, 1.165) is 5.56 Å². The molecule has 0 aliphatic carbocycles. The number of carbonyl (C=O) groups is 1. The van der Waals surface area contributed by atoms with E-state index in [4.69, 9.17) is 4.42 Å². The zero-order chi connectivity index (χ0) is 11.4. The van der Waals surface area contributed by atoms with Crippen molar-refractivity contribution in [1.29, 1.82) is 0 Å². The van der Waals surface area contributed by atoms with E-state index < -0.39 is 0 Å². The molecule has 2 aromatic rings. The maximum atomic E-state index is 11.0. The summed E-state index contributed by atoms with van der Waals surface area (Å²) in [5, 5.41) is 0. The number of ketones is 1. The lowest BCUT2D eigenvalue weighted by Crippen LogP contribution is -1.90. The Hall–Kier alpha value is -2.16. The van der Waals surface area contributed by atoms with Crippen LogP contribution in [0.3, 0.4) is 0 Å². The number of rotatable bonds is 3. The normalized spacial score (nSPS) is 10.8. The lowest BCUT2D eigenvalue weighted by Gasteiger charge is -1.88. The standard InChI is InChI=1S/C13H11NO2/c1-10(15)12-9-16-13(14-12)8-7-11-5-3-2-4-6-11/h2-9H,1H3/b8-7+. The highest BCUT2D eigenvalue weighted by atomic mass is 16.3. The van der Waals surface area contributed by atoms with Gasteiger partial charge in [0.05, 0.1) is 0 Å². The van der Waals surface area contributed by atoms with Crippen molar-refractivity contribution in [3.63, 3.8) is 0 Å². The zero-order valence-corrected chi connectivity index (χ0v) is 8.88. The molecule has 0 atom stereocenters. The largest absolute Gasteiger partial charge is 0.444 e. The SMILES string of the molecule is CC(=O)c1coc(/C=C/c2ccccc2)n1. The minimum atomic E-state index is -0.0943. The fraction of sp³-hybridized carbons (Fsp3) is 0.0769. The van der Waals surface area contributed by atoms with Gasteiger partial charge in [0.25, 0.3) is 0 Å². The first-order chi connectivity index (χ1) is 7.75. The van der Waals surface area contributed by atoms with Gasteiger partial charge < -0.3 is 4.42 Å². The van der Waals surface area contributed by atoms with Crippen LogP contribution < -0.4 is 0 Å². The summed E-state index contributed by atoms with van der Waals surface area (Å²) in [6.45, 7) is 1.46. The van der Waals surface area contributed by atoms with Gasteiger partial charge in [0.1, 0.15) is 12.0 Å². The molecule has 0 aliphatic heterocycles. The van der Waals surface area contributed by atoms with Gasteiger partial charge in [-0.15, -0.1) is 0 Å². The minimum Gasteiger partial charge on any atom is -0.444 e. The molecule has 3 heteroatoms. The third kappa shape index (κ3) is 2.45. The molecule has 1 aromatic heterocycles. The van der Waals surface area contributed by atoms with Crippen molar-refractivity contribution in [3.05, 3.63) is 53.7 Å². The van der Waals surface area contributed by atoms with Crippen LogP contribution in [-0.4, -0.2) is 10.8 Å². The summed E-state index contributed by atoms with van der Waals surface area (Å²) in [5.74, 6) is 0.345. The van der Waals surface area contributed by atoms with Crippen LogP contribution in [0.1, 0.15) is 28.9 Å². The maximum absolute atomic E-state index is 11.0. The maximum Gasteiger partial charge on any atom is 0.219 e. The summed E-state index contributed by atoms with van der Waals surface area (Å²) < 4.78 is 5.13. The number of nitrogens with zero attached hydrogens (tertiary/aromatic N) is 1. The Morgan fingerprint density at radius 1 is 1.25 bits per heavy atom. The Balaban J connectivity index is 2.15. The Morgan fingerprint density at radius 3 is 2.62 bits per heavy atom. The van der Waals surface area contributed by atoms with Gasteiger partial charge in [-0.3, -0.25) is 4.79 Å². The number of benzene rings is 1. The second-order valence-corrected chi connectivity index (χ2v) is 3.37. The molecule has 0 spiro atoms. The first-order valence-corrected chi connectivity index (χ1v) is 4.95. The number of Topliss-reactive ketones (excluding diaryl/α,β-unsaturated/α-hetero) is 1. The van der Waals surface area contributed by atoms with Gasteiger partial charge in [-0.1, -0.05) is 30.3 Å². The molecule has 0 unspecified atom stereocenters. The lowest BCUT2D eigenvalue weighted by atomic mass is 10.2. The van der Waals surface area contributed by atoms with Gasteiger partial charge in [-0.05, 0) is 11.6 Å². The first-order valence-electron chi connectivity index (χ1n) is 4.95. The monoisotopic (exact) mass is 213 g/mol. The molecule has 0 bridgehead atoms. The second-order valence-electron chi connectivity index (χ2n) is 3.37. The van der Waals surface area contributed by atoms with Crippen LogP contribution in [0.2, 0.25) is 0 Å². The summed E-state index contributed by atoms with van der Waals surface area (Å²) in [5.41, 5.74) is 1.41. The molecular weight excluding hydrogens is 202 g/mol. The summed E-state index contributed by atoms with van der Waals surface area (Å²) >= 11 is 0. The van der Waals surface area contributed by atoms with Crippen LogP contribution >= 0.6 is 0 Å². The van der Waals surface area contributed by atoms with Gasteiger partial charge in [-0.2, -0.15) is 0 Å². The van der Waals surface area contributed by atoms with E-state index >= 15 is 0 Å². The fourth-order valence-corrected chi connectivity index (χ4v) is 1.26. The third-order valence-electron chi connectivity index (χ3n) is 2.10. The van der Waals surface area contributed by atoms with Crippen LogP contribution in [0.15, 0.2) is 41.0 Å². The molecule has 0 saturated heterocycles. The lowest BCUT2D eigenvalue weighted by molar-refractivity contribution is 0.101. The molecule has 0 N–H and O–H groups in total. The minimum absolute atomic E-state index is 0.0943. The van der Waals surface area contributed by atoms with E-state index in [9.17, 15) is 4.79 Å². The van der Waals surface area contributed by atoms with E-state index in [1.54, 1.807) is 6.08 Å². The van der Waals surface area contributed by atoms with Crippen LogP contribution in [0.25, 0.3) is 12.2 Å². The van der Waals surface area contributed by atoms with Crippen molar-refractivity contribution >= 4 is 17.9 Å². The van der Waals surface area contributed by atoms with E-state index in [1.807, 2.05) is 36.4 Å². The number of oxazole rings is 1. The van der Waals surface area contributed by atoms with E-state index in [-0.39, 0.29) is 5.78 Å². The Bertz CT molecular complexity index is 512. The smallest absolute Gasteiger partial charge is 0.219 e. The Labute approximate surface area is 93.4 Å². The molecule has 16 heavy (non-hydrogen) atoms. The van der Waals surface area contributed by atoms with Crippen molar-refractivity contribution in [2.75, 3.05) is 0 Å². The van der Waals surface area contributed by atoms with E-state index in [2.05, 4.69) is 4.98 Å². The summed E-state index contributed by atoms with van der Waals surface area (Å²) in [4.78, 5) is 15.0. The molecule has 0 aliphatic rings. The molecule has 2 rings (SSSR count). The molecule has 0 saturated carbocycles. The van der Waals surface area contributed by atoms with Gasteiger partial charge in [0.2, 0.25) is 5.89 Å². The van der Waals surface area contributed by atoms with Crippen LogP contribution in [0, 0.1) is 0 Å². The number of aromatic nitrogens is 1. The number of hydrogen-bond acceptors (Lipinski definition) is 3. The second kappa shape index (κ2) is 4.57. The van der Waals surface area contributed by atoms with Crippen molar-refractivity contribution in [3.8, 4) is 0 Å². The highest BCUT2D eigenvalue weighted by Gasteiger charge is 2.04. The summed E-state index contributed by atoms with van der Waals surface area (Å²) in [7, 11) is 0. The highest BCUT2D eigenvalue weighted by molar-refractivity contribution is 5.91. The predicted octanol–water partition coefficient (Wildman–Crippen LogP) is 3.05. The molecule has 0 amide bonds. The molecule has 80 valence electrons. The quantitative estimate of drug-likeness (QED) is 0.736. The topological polar surface area (TPSA) is 43.1 Å². The predicted molar refractivity (Wildman–Crippen MR) is 61.9 cm³/mol. The molecular formula is C13H11NO2. The van der Waals surface area contributed by atoms with Gasteiger partial charge in [0, 0.05) is 13.0 Å². The third-order valence-corrected chi connectivity index (χ3v) is 2.10. The highest BCUT2D eigenvalue weighted by Crippen LogP contribution is 2.08. The number of carbonyl (C=O) groups excluding carboxylic acids is 1. The van der Waals surface area contributed by atoms with Gasteiger partial charge >= 0.3 is 0 Å². The van der Waals surface area contributed by atoms with Gasteiger partial charge in [-0.25, -0.2) is 4.98 Å². The van der Waals surface area contributed by atoms with E-state index in [1.165, 1.54) is 13.2 Å². The molecule has 1 heterocycles. The molecule has 0 radical (unpaired) electrons. The first kappa shape index (κ1) is 10.4. The van der Waals surface area contributed by atoms with Crippen LogP contribution in [-0.2, 0) is 0 Å². The molecule has 1 aromatic carbocycles. The average Bonchev–Trinajstić information content (AvgIpc) is 2.76. The summed E-state index contributed by atoms with van der Waals surface area (Å²) in [6, 6.07) is 9.82. The van der Waals surface area contributed by atoms with Crippen molar-refractivity contribution in [2.45, 2.75) is 6.92 Å². The Morgan fingerprint density at radius 2 is 2.00 bits per heavy atom.